The molecular formula is C19H19F2N5O3. The first-order valence-electron chi connectivity index (χ1n) is 8.87. The number of carbonyl (C=O) groups excluding carboxylic acids is 2. The molecule has 0 aliphatic carbocycles. The zero-order valence-electron chi connectivity index (χ0n) is 16.1. The predicted molar refractivity (Wildman–Crippen MR) is 99.1 cm³/mol. The maximum atomic E-state index is 13.6. The number of carbonyl (C=O) groups is 2. The summed E-state index contributed by atoms with van der Waals surface area (Å²) in [5.41, 5.74) is 2.04. The second-order valence-corrected chi connectivity index (χ2v) is 6.48. The number of rotatable bonds is 6. The van der Waals surface area contributed by atoms with Gasteiger partial charge in [0.1, 0.15) is 18.0 Å². The van der Waals surface area contributed by atoms with Crippen LogP contribution in [0.25, 0.3) is 5.78 Å². The Morgan fingerprint density at radius 3 is 2.79 bits per heavy atom. The normalized spacial score (nSPS) is 12.0. The van der Waals surface area contributed by atoms with E-state index in [9.17, 15) is 18.4 Å². The van der Waals surface area contributed by atoms with Crippen molar-refractivity contribution < 1.29 is 23.1 Å². The minimum absolute atomic E-state index is 0.00943. The molecule has 0 aliphatic rings. The largest absolute Gasteiger partial charge is 0.453 e. The molecule has 0 saturated carbocycles. The van der Waals surface area contributed by atoms with Gasteiger partial charge in [0.15, 0.2) is 6.10 Å². The molecule has 0 radical (unpaired) electrons. The number of hydrogen-bond acceptors (Lipinski definition) is 6. The first-order chi connectivity index (χ1) is 13.8. The Labute approximate surface area is 164 Å². The number of anilines is 1. The van der Waals surface area contributed by atoms with Gasteiger partial charge in [-0.05, 0) is 44.9 Å². The van der Waals surface area contributed by atoms with E-state index in [0.29, 0.717) is 12.2 Å². The van der Waals surface area contributed by atoms with Gasteiger partial charge < -0.3 is 10.1 Å². The maximum Gasteiger partial charge on any atom is 0.306 e. The van der Waals surface area contributed by atoms with Crippen LogP contribution in [0.1, 0.15) is 30.3 Å². The molecule has 2 heterocycles. The predicted octanol–water partition coefficient (Wildman–Crippen LogP) is 2.52. The summed E-state index contributed by atoms with van der Waals surface area (Å²) in [6, 6.07) is 2.68. The van der Waals surface area contributed by atoms with E-state index in [1.54, 1.807) is 4.52 Å². The van der Waals surface area contributed by atoms with Crippen LogP contribution in [0.3, 0.4) is 0 Å². The fraction of sp³-hybridized carbons (Fsp3) is 0.316. The lowest BCUT2D eigenvalue weighted by Crippen LogP contribution is -2.30. The number of amides is 1. The number of hydrogen-bond donors (Lipinski definition) is 1. The van der Waals surface area contributed by atoms with E-state index in [2.05, 4.69) is 20.4 Å². The van der Waals surface area contributed by atoms with Gasteiger partial charge in [0.05, 0.1) is 5.69 Å². The number of benzene rings is 1. The highest BCUT2D eigenvalue weighted by Gasteiger charge is 2.20. The molecule has 1 aromatic carbocycles. The average Bonchev–Trinajstić information content (AvgIpc) is 3.13. The number of nitrogens with one attached hydrogen (secondary N) is 1. The molecule has 3 rings (SSSR count). The van der Waals surface area contributed by atoms with Crippen molar-refractivity contribution >= 4 is 23.3 Å². The average molecular weight is 403 g/mol. The highest BCUT2D eigenvalue weighted by molar-refractivity contribution is 5.95. The van der Waals surface area contributed by atoms with Crippen LogP contribution in [0.4, 0.5) is 14.5 Å². The Morgan fingerprint density at radius 2 is 2.03 bits per heavy atom. The highest BCUT2D eigenvalue weighted by atomic mass is 19.1. The number of nitrogens with zero attached hydrogens (tertiary/aromatic N) is 4. The number of fused-ring (bicyclic) bond motifs is 1. The third-order valence-corrected chi connectivity index (χ3v) is 4.43. The minimum atomic E-state index is -1.18. The number of ether oxygens (including phenoxy) is 1. The Hall–Kier alpha value is -3.43. The molecule has 1 amide bonds. The lowest BCUT2D eigenvalue weighted by atomic mass is 10.1. The van der Waals surface area contributed by atoms with Gasteiger partial charge in [-0.15, -0.1) is 0 Å². The number of aromatic nitrogens is 4. The van der Waals surface area contributed by atoms with Crippen LogP contribution in [-0.4, -0.2) is 37.6 Å². The van der Waals surface area contributed by atoms with Crippen LogP contribution in [0.15, 0.2) is 24.5 Å². The number of esters is 1. The van der Waals surface area contributed by atoms with Crippen LogP contribution in [0.2, 0.25) is 0 Å². The monoisotopic (exact) mass is 403 g/mol. The van der Waals surface area contributed by atoms with Crippen molar-refractivity contribution in [3.05, 3.63) is 53.1 Å². The standard InChI is InChI=1S/C19H19F2N5O3/c1-10-14(11(2)26-19(24-10)22-9-23-26)5-7-17(27)29-12(3)18(28)25-16-8-13(20)4-6-15(16)21/h4,6,8-9,12H,5,7H2,1-3H3,(H,25,28)/t12-/m1/s1. The minimum Gasteiger partial charge on any atom is -0.453 e. The Morgan fingerprint density at radius 1 is 1.28 bits per heavy atom. The summed E-state index contributed by atoms with van der Waals surface area (Å²) in [6.07, 6.45) is 0.569. The van der Waals surface area contributed by atoms with Crippen LogP contribution in [-0.2, 0) is 20.7 Å². The van der Waals surface area contributed by atoms with Gasteiger partial charge in [0, 0.05) is 23.9 Å². The molecule has 3 aromatic rings. The third-order valence-electron chi connectivity index (χ3n) is 4.43. The van der Waals surface area contributed by atoms with Gasteiger partial charge >= 0.3 is 5.97 Å². The van der Waals surface area contributed by atoms with Gasteiger partial charge in [-0.25, -0.2) is 18.3 Å². The summed E-state index contributed by atoms with van der Waals surface area (Å²) < 4.78 is 33.5. The van der Waals surface area contributed by atoms with Gasteiger partial charge in [-0.1, -0.05) is 0 Å². The summed E-state index contributed by atoms with van der Waals surface area (Å²) in [5, 5.41) is 6.29. The van der Waals surface area contributed by atoms with Crippen molar-refractivity contribution in [2.24, 2.45) is 0 Å². The van der Waals surface area contributed by atoms with Crippen LogP contribution in [0.5, 0.6) is 0 Å². The molecule has 1 atom stereocenters. The van der Waals surface area contributed by atoms with E-state index in [4.69, 9.17) is 4.74 Å². The van der Waals surface area contributed by atoms with Crippen LogP contribution >= 0.6 is 0 Å². The van der Waals surface area contributed by atoms with Crippen molar-refractivity contribution in [3.8, 4) is 0 Å². The fourth-order valence-electron chi connectivity index (χ4n) is 2.88. The summed E-state index contributed by atoms with van der Waals surface area (Å²) in [4.78, 5) is 32.6. The number of halogens is 2. The van der Waals surface area contributed by atoms with E-state index in [0.717, 1.165) is 35.2 Å². The third kappa shape index (κ3) is 4.53. The van der Waals surface area contributed by atoms with Crippen LogP contribution in [0, 0.1) is 25.5 Å². The second kappa shape index (κ2) is 8.29. The van der Waals surface area contributed by atoms with Crippen molar-refractivity contribution in [1.82, 2.24) is 19.6 Å². The molecule has 0 saturated heterocycles. The Bertz CT molecular complexity index is 1080. The van der Waals surface area contributed by atoms with E-state index < -0.39 is 29.6 Å². The molecule has 0 aliphatic heterocycles. The topological polar surface area (TPSA) is 98.5 Å². The molecule has 152 valence electrons. The van der Waals surface area contributed by atoms with Crippen molar-refractivity contribution in [1.29, 1.82) is 0 Å². The zero-order valence-corrected chi connectivity index (χ0v) is 16.1. The molecule has 0 spiro atoms. The molecule has 0 fully saturated rings. The lowest BCUT2D eigenvalue weighted by molar-refractivity contribution is -0.153. The van der Waals surface area contributed by atoms with Crippen LogP contribution < -0.4 is 5.32 Å². The first kappa shape index (κ1) is 20.3. The molecule has 29 heavy (non-hydrogen) atoms. The molecular weight excluding hydrogens is 384 g/mol. The van der Waals surface area contributed by atoms with E-state index in [1.165, 1.54) is 13.3 Å². The zero-order chi connectivity index (χ0) is 21.1. The van der Waals surface area contributed by atoms with Gasteiger partial charge in [0.2, 0.25) is 0 Å². The molecule has 0 unspecified atom stereocenters. The van der Waals surface area contributed by atoms with Gasteiger partial charge in [-0.3, -0.25) is 9.59 Å². The Balaban J connectivity index is 1.59. The first-order valence-corrected chi connectivity index (χ1v) is 8.87. The summed E-state index contributed by atoms with van der Waals surface area (Å²) in [6.45, 7) is 5.01. The van der Waals surface area contributed by atoms with Crippen molar-refractivity contribution in [3.63, 3.8) is 0 Å². The van der Waals surface area contributed by atoms with Gasteiger partial charge in [-0.2, -0.15) is 10.1 Å². The lowest BCUT2D eigenvalue weighted by Gasteiger charge is -2.15. The van der Waals surface area contributed by atoms with E-state index >= 15 is 0 Å². The summed E-state index contributed by atoms with van der Waals surface area (Å²) >= 11 is 0. The van der Waals surface area contributed by atoms with E-state index in [-0.39, 0.29) is 12.1 Å². The van der Waals surface area contributed by atoms with Gasteiger partial charge in [0.25, 0.3) is 11.7 Å². The summed E-state index contributed by atoms with van der Waals surface area (Å²) in [5.74, 6) is -2.39. The molecule has 8 nitrogen and oxygen atoms in total. The highest BCUT2D eigenvalue weighted by Crippen LogP contribution is 2.17. The molecule has 1 N–H and O–H groups in total. The second-order valence-electron chi connectivity index (χ2n) is 6.48. The fourth-order valence-corrected chi connectivity index (χ4v) is 2.88. The summed E-state index contributed by atoms with van der Waals surface area (Å²) in [7, 11) is 0. The molecule has 0 bridgehead atoms. The molecule has 2 aromatic heterocycles. The van der Waals surface area contributed by atoms with Crippen molar-refractivity contribution in [2.75, 3.05) is 5.32 Å². The van der Waals surface area contributed by atoms with Crippen molar-refractivity contribution in [2.45, 2.75) is 39.7 Å². The molecule has 10 heteroatoms. The SMILES string of the molecule is Cc1nc2ncnn2c(C)c1CCC(=O)O[C@H](C)C(=O)Nc1cc(F)ccc1F. The maximum absolute atomic E-state index is 13.6. The smallest absolute Gasteiger partial charge is 0.306 e. The quantitative estimate of drug-likeness (QED) is 0.635. The Kier molecular flexibility index (Phi) is 5.81. The number of aryl methyl sites for hydroxylation is 2. The van der Waals surface area contributed by atoms with E-state index in [1.807, 2.05) is 13.8 Å².